The lowest BCUT2D eigenvalue weighted by atomic mass is 10.4. The first kappa shape index (κ1) is 8.33. The summed E-state index contributed by atoms with van der Waals surface area (Å²) in [5.41, 5.74) is 0. The lowest BCUT2D eigenvalue weighted by molar-refractivity contribution is 0.0410. The standard InChI is InChI=1S/C6H14N2OS/c7-10-6-3-8-1-4-9-5-2-8/h1-7H2. The summed E-state index contributed by atoms with van der Waals surface area (Å²) in [7, 11) is 0. The zero-order valence-corrected chi connectivity index (χ0v) is 6.90. The largest absolute Gasteiger partial charge is 0.379 e. The number of rotatable bonds is 3. The van der Waals surface area contributed by atoms with E-state index in [2.05, 4.69) is 4.90 Å². The third kappa shape index (κ3) is 2.88. The molecule has 1 aliphatic rings. The highest BCUT2D eigenvalue weighted by atomic mass is 32.2. The highest BCUT2D eigenvalue weighted by molar-refractivity contribution is 7.97. The smallest absolute Gasteiger partial charge is 0.0594 e. The van der Waals surface area contributed by atoms with Gasteiger partial charge in [-0.3, -0.25) is 10.0 Å². The van der Waals surface area contributed by atoms with Gasteiger partial charge in [-0.2, -0.15) is 0 Å². The zero-order chi connectivity index (χ0) is 7.23. The molecular formula is C6H14N2OS. The second-order valence-corrected chi connectivity index (χ2v) is 3.07. The van der Waals surface area contributed by atoms with Crippen molar-refractivity contribution < 1.29 is 4.74 Å². The molecule has 0 amide bonds. The fraction of sp³-hybridized carbons (Fsp3) is 1.00. The van der Waals surface area contributed by atoms with Crippen LogP contribution in [0.1, 0.15) is 0 Å². The molecule has 0 atom stereocenters. The van der Waals surface area contributed by atoms with E-state index in [4.69, 9.17) is 9.88 Å². The van der Waals surface area contributed by atoms with Gasteiger partial charge in [0, 0.05) is 25.4 Å². The molecule has 1 saturated heterocycles. The van der Waals surface area contributed by atoms with Crippen molar-refractivity contribution in [2.75, 3.05) is 38.6 Å². The summed E-state index contributed by atoms with van der Waals surface area (Å²) in [5, 5.41) is 5.30. The Morgan fingerprint density at radius 2 is 2.10 bits per heavy atom. The van der Waals surface area contributed by atoms with E-state index in [9.17, 15) is 0 Å². The van der Waals surface area contributed by atoms with Gasteiger partial charge in [-0.1, -0.05) is 11.9 Å². The van der Waals surface area contributed by atoms with Gasteiger partial charge < -0.3 is 4.74 Å². The molecule has 0 aliphatic carbocycles. The van der Waals surface area contributed by atoms with E-state index < -0.39 is 0 Å². The quantitative estimate of drug-likeness (QED) is 0.589. The van der Waals surface area contributed by atoms with Crippen molar-refractivity contribution in [3.8, 4) is 0 Å². The van der Waals surface area contributed by atoms with Crippen LogP contribution in [0.15, 0.2) is 0 Å². The maximum atomic E-state index is 5.30. The third-order valence-electron chi connectivity index (χ3n) is 1.63. The molecule has 1 aliphatic heterocycles. The van der Waals surface area contributed by atoms with Crippen LogP contribution < -0.4 is 5.14 Å². The van der Waals surface area contributed by atoms with Gasteiger partial charge in [-0.15, -0.1) is 0 Å². The van der Waals surface area contributed by atoms with Gasteiger partial charge in [0.2, 0.25) is 0 Å². The predicted octanol–water partition coefficient (Wildman–Crippen LogP) is -0.0745. The first-order valence-corrected chi connectivity index (χ1v) is 4.60. The second kappa shape index (κ2) is 4.96. The van der Waals surface area contributed by atoms with Crippen LogP contribution in [-0.4, -0.2) is 43.5 Å². The van der Waals surface area contributed by atoms with Gasteiger partial charge in [0.15, 0.2) is 0 Å². The van der Waals surface area contributed by atoms with E-state index in [0.717, 1.165) is 38.6 Å². The first-order valence-electron chi connectivity index (χ1n) is 3.55. The maximum Gasteiger partial charge on any atom is 0.0594 e. The highest BCUT2D eigenvalue weighted by Crippen LogP contribution is 1.97. The third-order valence-corrected chi connectivity index (χ3v) is 2.05. The van der Waals surface area contributed by atoms with Gasteiger partial charge in [0.1, 0.15) is 0 Å². The van der Waals surface area contributed by atoms with E-state index in [-0.39, 0.29) is 0 Å². The van der Waals surface area contributed by atoms with Crippen LogP contribution in [0, 0.1) is 0 Å². The normalized spacial score (nSPS) is 21.3. The molecule has 0 aromatic carbocycles. The molecule has 0 aromatic heterocycles. The highest BCUT2D eigenvalue weighted by Gasteiger charge is 2.08. The molecule has 60 valence electrons. The average Bonchev–Trinajstić information content (AvgIpc) is 2.03. The Kier molecular flexibility index (Phi) is 4.13. The summed E-state index contributed by atoms with van der Waals surface area (Å²) in [6.45, 7) is 5.01. The molecule has 1 rings (SSSR count). The lowest BCUT2D eigenvalue weighted by Gasteiger charge is -2.25. The summed E-state index contributed by atoms with van der Waals surface area (Å²) in [4.78, 5) is 2.38. The molecule has 0 radical (unpaired) electrons. The Balaban J connectivity index is 2.02. The molecule has 3 nitrogen and oxygen atoms in total. The molecule has 0 bridgehead atoms. The van der Waals surface area contributed by atoms with E-state index >= 15 is 0 Å². The van der Waals surface area contributed by atoms with Gasteiger partial charge in [-0.05, 0) is 0 Å². The summed E-state index contributed by atoms with van der Waals surface area (Å²) in [6, 6.07) is 0. The Morgan fingerprint density at radius 1 is 1.40 bits per heavy atom. The van der Waals surface area contributed by atoms with E-state index in [1.807, 2.05) is 0 Å². The van der Waals surface area contributed by atoms with Gasteiger partial charge in [-0.25, -0.2) is 0 Å². The molecule has 1 fully saturated rings. The van der Waals surface area contributed by atoms with Crippen molar-refractivity contribution in [3.63, 3.8) is 0 Å². The van der Waals surface area contributed by atoms with Crippen LogP contribution >= 0.6 is 11.9 Å². The van der Waals surface area contributed by atoms with Crippen molar-refractivity contribution in [1.82, 2.24) is 4.90 Å². The van der Waals surface area contributed by atoms with Crippen LogP contribution in [0.2, 0.25) is 0 Å². The first-order chi connectivity index (χ1) is 4.93. The van der Waals surface area contributed by atoms with E-state index in [1.165, 1.54) is 11.9 Å². The zero-order valence-electron chi connectivity index (χ0n) is 6.08. The van der Waals surface area contributed by atoms with Crippen molar-refractivity contribution in [2.24, 2.45) is 5.14 Å². The molecule has 10 heavy (non-hydrogen) atoms. The number of nitrogens with zero attached hydrogens (tertiary/aromatic N) is 1. The average molecular weight is 162 g/mol. The number of nitrogens with two attached hydrogens (primary N) is 1. The molecule has 0 unspecified atom stereocenters. The van der Waals surface area contributed by atoms with Gasteiger partial charge in [0.25, 0.3) is 0 Å². The summed E-state index contributed by atoms with van der Waals surface area (Å²) < 4.78 is 5.20. The minimum atomic E-state index is 0.884. The molecule has 0 saturated carbocycles. The Morgan fingerprint density at radius 3 is 2.70 bits per heavy atom. The van der Waals surface area contributed by atoms with Gasteiger partial charge >= 0.3 is 0 Å². The topological polar surface area (TPSA) is 38.5 Å². The second-order valence-electron chi connectivity index (χ2n) is 2.32. The van der Waals surface area contributed by atoms with E-state index in [0.29, 0.717) is 0 Å². The minimum absolute atomic E-state index is 0.884. The molecule has 2 N–H and O–H groups in total. The summed E-state index contributed by atoms with van der Waals surface area (Å²) in [5.74, 6) is 1.03. The van der Waals surface area contributed by atoms with Crippen LogP contribution in [-0.2, 0) is 4.74 Å². The van der Waals surface area contributed by atoms with Gasteiger partial charge in [0.05, 0.1) is 13.2 Å². The van der Waals surface area contributed by atoms with Crippen LogP contribution in [0.3, 0.4) is 0 Å². The number of ether oxygens (including phenoxy) is 1. The minimum Gasteiger partial charge on any atom is -0.379 e. The Labute approximate surface area is 66.0 Å². The number of morpholine rings is 1. The van der Waals surface area contributed by atoms with Crippen molar-refractivity contribution in [2.45, 2.75) is 0 Å². The maximum absolute atomic E-state index is 5.30. The number of hydrogen-bond acceptors (Lipinski definition) is 4. The fourth-order valence-electron chi connectivity index (χ4n) is 1.01. The number of hydrogen-bond donors (Lipinski definition) is 1. The molecule has 0 spiro atoms. The van der Waals surface area contributed by atoms with Crippen LogP contribution in [0.25, 0.3) is 0 Å². The lowest BCUT2D eigenvalue weighted by Crippen LogP contribution is -2.37. The van der Waals surface area contributed by atoms with Crippen molar-refractivity contribution in [1.29, 1.82) is 0 Å². The van der Waals surface area contributed by atoms with E-state index in [1.54, 1.807) is 0 Å². The SMILES string of the molecule is NSCCN1CCOCC1. The van der Waals surface area contributed by atoms with Crippen LogP contribution in [0.5, 0.6) is 0 Å². The molecule has 0 aromatic rings. The van der Waals surface area contributed by atoms with Crippen LogP contribution in [0.4, 0.5) is 0 Å². The summed E-state index contributed by atoms with van der Waals surface area (Å²) >= 11 is 1.41. The molecule has 4 heteroatoms. The molecule has 1 heterocycles. The monoisotopic (exact) mass is 162 g/mol. The Hall–Kier alpha value is 0.230. The molecular weight excluding hydrogens is 148 g/mol. The fourth-order valence-corrected chi connectivity index (χ4v) is 1.37. The van der Waals surface area contributed by atoms with Crippen molar-refractivity contribution >= 4 is 11.9 Å². The Bertz CT molecular complexity index is 85.8. The van der Waals surface area contributed by atoms with Crippen molar-refractivity contribution in [3.05, 3.63) is 0 Å². The predicted molar refractivity (Wildman–Crippen MR) is 43.9 cm³/mol. The summed E-state index contributed by atoms with van der Waals surface area (Å²) in [6.07, 6.45) is 0.